The summed E-state index contributed by atoms with van der Waals surface area (Å²) < 4.78 is 0. The third kappa shape index (κ3) is 3.66. The first-order chi connectivity index (χ1) is 11.6. The summed E-state index contributed by atoms with van der Waals surface area (Å²) in [6, 6.07) is 15.0. The normalized spacial score (nSPS) is 16.0. The molecule has 0 atom stereocenters. The minimum Gasteiger partial charge on any atom is -0.281 e. The zero-order valence-corrected chi connectivity index (χ0v) is 15.2. The number of hydrogen-bond donors (Lipinski definition) is 0. The molecule has 3 rings (SSSR count). The summed E-state index contributed by atoms with van der Waals surface area (Å²) in [6.07, 6.45) is 3.60. The lowest BCUT2D eigenvalue weighted by molar-refractivity contribution is -0.122. The second-order valence-corrected chi connectivity index (χ2v) is 6.79. The molecule has 0 fully saturated rings. The second-order valence-electron chi connectivity index (χ2n) is 5.17. The molecule has 0 spiro atoms. The van der Waals surface area contributed by atoms with E-state index in [4.69, 9.17) is 23.2 Å². The quantitative estimate of drug-likeness (QED) is 0.698. The maximum atomic E-state index is 12.7. The third-order valence-electron chi connectivity index (χ3n) is 3.53. The fourth-order valence-corrected chi connectivity index (χ4v) is 3.38. The summed E-state index contributed by atoms with van der Waals surface area (Å²) in [6.45, 7) is 0.491. The Hall–Kier alpha value is -1.75. The molecule has 0 unspecified atom stereocenters. The molecule has 122 valence electrons. The van der Waals surface area contributed by atoms with Gasteiger partial charge in [0.1, 0.15) is 5.70 Å². The largest absolute Gasteiger partial charge is 0.281 e. The van der Waals surface area contributed by atoms with Gasteiger partial charge >= 0.3 is 0 Å². The van der Waals surface area contributed by atoms with Crippen LogP contribution in [0.3, 0.4) is 0 Å². The molecular weight excluding hydrogens is 363 g/mol. The first kappa shape index (κ1) is 17.1. The van der Waals surface area contributed by atoms with Crippen molar-refractivity contribution in [2.45, 2.75) is 6.54 Å². The lowest BCUT2D eigenvalue weighted by Crippen LogP contribution is -2.29. The summed E-state index contributed by atoms with van der Waals surface area (Å²) in [5.41, 5.74) is 2.15. The Morgan fingerprint density at radius 3 is 2.58 bits per heavy atom. The number of hydrogen-bond acceptors (Lipinski definition) is 3. The molecule has 24 heavy (non-hydrogen) atoms. The lowest BCUT2D eigenvalue weighted by atomic mass is 10.2. The number of carbonyl (C=O) groups is 1. The molecule has 0 aromatic heterocycles. The van der Waals surface area contributed by atoms with Crippen LogP contribution in [0, 0.1) is 0 Å². The topological polar surface area (TPSA) is 32.7 Å². The van der Waals surface area contributed by atoms with E-state index in [0.29, 0.717) is 27.5 Å². The van der Waals surface area contributed by atoms with E-state index in [0.717, 1.165) is 11.1 Å². The Morgan fingerprint density at radius 1 is 1.17 bits per heavy atom. The van der Waals surface area contributed by atoms with Crippen LogP contribution in [0.1, 0.15) is 11.1 Å². The van der Waals surface area contributed by atoms with Gasteiger partial charge in [-0.05, 0) is 35.6 Å². The van der Waals surface area contributed by atoms with Gasteiger partial charge in [-0.15, -0.1) is 0 Å². The lowest BCUT2D eigenvalue weighted by Gasteiger charge is -2.16. The number of thioether (sulfide) groups is 1. The van der Waals surface area contributed by atoms with Crippen LogP contribution in [0.5, 0.6) is 0 Å². The Kier molecular flexibility index (Phi) is 5.29. The van der Waals surface area contributed by atoms with Gasteiger partial charge in [-0.3, -0.25) is 9.69 Å². The van der Waals surface area contributed by atoms with Gasteiger partial charge in [0.05, 0.1) is 6.54 Å². The van der Waals surface area contributed by atoms with Gasteiger partial charge in [-0.2, -0.15) is 0 Å². The maximum absolute atomic E-state index is 12.7. The molecule has 2 aromatic carbocycles. The Morgan fingerprint density at radius 2 is 1.92 bits per heavy atom. The number of aliphatic imine (C=N–C) groups is 1. The number of carbonyl (C=O) groups excluding carboxylic acids is 1. The van der Waals surface area contributed by atoms with Crippen LogP contribution in [-0.2, 0) is 11.3 Å². The molecule has 3 nitrogen and oxygen atoms in total. The van der Waals surface area contributed by atoms with Gasteiger partial charge in [0.15, 0.2) is 5.17 Å². The summed E-state index contributed by atoms with van der Waals surface area (Å²) in [5.74, 6) is -0.130. The highest BCUT2D eigenvalue weighted by Crippen LogP contribution is 2.28. The van der Waals surface area contributed by atoms with Gasteiger partial charge in [0.2, 0.25) is 0 Å². The fourth-order valence-electron chi connectivity index (χ4n) is 2.36. The molecule has 0 N–H and O–H groups in total. The van der Waals surface area contributed by atoms with Crippen molar-refractivity contribution in [1.82, 2.24) is 4.90 Å². The van der Waals surface area contributed by atoms with Crippen molar-refractivity contribution in [3.8, 4) is 0 Å². The molecule has 1 aliphatic rings. The Bertz CT molecular complexity index is 834. The predicted octanol–water partition coefficient (Wildman–Crippen LogP) is 5.10. The molecule has 1 amide bonds. The average molecular weight is 377 g/mol. The predicted molar refractivity (Wildman–Crippen MR) is 102 cm³/mol. The average Bonchev–Trinajstić information content (AvgIpc) is 2.87. The summed E-state index contributed by atoms with van der Waals surface area (Å²) in [5, 5.41) is 1.73. The number of amidine groups is 1. The molecule has 6 heteroatoms. The van der Waals surface area contributed by atoms with Crippen molar-refractivity contribution in [1.29, 1.82) is 0 Å². The van der Waals surface area contributed by atoms with Crippen molar-refractivity contribution in [3.05, 3.63) is 75.4 Å². The molecule has 2 aromatic rings. The molecule has 1 heterocycles. The van der Waals surface area contributed by atoms with Crippen LogP contribution in [0.15, 0.2) is 59.2 Å². The molecule has 0 saturated carbocycles. The van der Waals surface area contributed by atoms with E-state index in [1.165, 1.54) is 11.8 Å². The van der Waals surface area contributed by atoms with Crippen LogP contribution in [-0.4, -0.2) is 22.2 Å². The highest BCUT2D eigenvalue weighted by Gasteiger charge is 2.29. The molecule has 0 aliphatic carbocycles. The van der Waals surface area contributed by atoms with Gasteiger partial charge in [0, 0.05) is 10.0 Å². The fraction of sp³-hybridized carbons (Fsp3) is 0.111. The molecule has 0 bridgehead atoms. The SMILES string of the molecule is CSC1=N/C(=C\c2ccc(Cl)cc2Cl)C(=O)N1Cc1ccccc1. The minimum absolute atomic E-state index is 0.130. The summed E-state index contributed by atoms with van der Waals surface area (Å²) >= 11 is 13.5. The maximum Gasteiger partial charge on any atom is 0.278 e. The van der Waals surface area contributed by atoms with Crippen LogP contribution in [0.25, 0.3) is 6.08 Å². The van der Waals surface area contributed by atoms with E-state index in [1.807, 2.05) is 36.6 Å². The molecule has 1 aliphatic heterocycles. The van der Waals surface area contributed by atoms with Gasteiger partial charge in [-0.25, -0.2) is 4.99 Å². The number of nitrogens with zero attached hydrogens (tertiary/aromatic N) is 2. The Balaban J connectivity index is 1.90. The van der Waals surface area contributed by atoms with E-state index >= 15 is 0 Å². The van der Waals surface area contributed by atoms with Gasteiger partial charge in [-0.1, -0.05) is 71.4 Å². The first-order valence-corrected chi connectivity index (χ1v) is 9.22. The zero-order valence-electron chi connectivity index (χ0n) is 12.9. The second kappa shape index (κ2) is 7.43. The van der Waals surface area contributed by atoms with Crippen molar-refractivity contribution in [2.75, 3.05) is 6.26 Å². The smallest absolute Gasteiger partial charge is 0.278 e. The highest BCUT2D eigenvalue weighted by molar-refractivity contribution is 8.13. The van der Waals surface area contributed by atoms with Crippen molar-refractivity contribution >= 4 is 52.1 Å². The van der Waals surface area contributed by atoms with Crippen LogP contribution in [0.2, 0.25) is 10.0 Å². The summed E-state index contributed by atoms with van der Waals surface area (Å²) in [7, 11) is 0. The number of halogens is 2. The number of rotatable bonds is 3. The van der Waals surface area contributed by atoms with Crippen LogP contribution < -0.4 is 0 Å². The minimum atomic E-state index is -0.130. The van der Waals surface area contributed by atoms with Crippen molar-refractivity contribution in [2.24, 2.45) is 4.99 Å². The monoisotopic (exact) mass is 376 g/mol. The zero-order chi connectivity index (χ0) is 17.1. The molecule has 0 radical (unpaired) electrons. The van der Waals surface area contributed by atoms with Gasteiger partial charge < -0.3 is 0 Å². The van der Waals surface area contributed by atoms with E-state index in [1.54, 1.807) is 29.2 Å². The summed E-state index contributed by atoms with van der Waals surface area (Å²) in [4.78, 5) is 18.8. The van der Waals surface area contributed by atoms with E-state index < -0.39 is 0 Å². The van der Waals surface area contributed by atoms with Crippen LogP contribution in [0.4, 0.5) is 0 Å². The third-order valence-corrected chi connectivity index (χ3v) is 4.77. The van der Waals surface area contributed by atoms with Crippen LogP contribution >= 0.6 is 35.0 Å². The number of benzene rings is 2. The first-order valence-electron chi connectivity index (χ1n) is 7.23. The highest BCUT2D eigenvalue weighted by atomic mass is 35.5. The molecular formula is C18H14Cl2N2OS. The molecule has 0 saturated heterocycles. The Labute approximate surface area is 155 Å². The van der Waals surface area contributed by atoms with E-state index in [2.05, 4.69) is 4.99 Å². The van der Waals surface area contributed by atoms with E-state index in [-0.39, 0.29) is 5.91 Å². The van der Waals surface area contributed by atoms with Crippen molar-refractivity contribution in [3.63, 3.8) is 0 Å². The number of amides is 1. The standard InChI is InChI=1S/C18H14Cl2N2OS/c1-24-18-21-16(9-13-7-8-14(19)10-15(13)20)17(23)22(18)11-12-5-3-2-4-6-12/h2-10H,11H2,1H3/b16-9-. The van der Waals surface area contributed by atoms with E-state index in [9.17, 15) is 4.79 Å². The van der Waals surface area contributed by atoms with Gasteiger partial charge in [0.25, 0.3) is 5.91 Å². The van der Waals surface area contributed by atoms with Crippen molar-refractivity contribution < 1.29 is 4.79 Å².